The highest BCUT2D eigenvalue weighted by Crippen LogP contribution is 2.24. The molecule has 40 heavy (non-hydrogen) atoms. The van der Waals surface area contributed by atoms with Crippen LogP contribution in [0.3, 0.4) is 0 Å². The number of carbonyl (C=O) groups excluding carboxylic acids is 3. The molecule has 8 heteroatoms. The summed E-state index contributed by atoms with van der Waals surface area (Å²) in [5.74, 6) is -0.908. The highest BCUT2D eigenvalue weighted by atomic mass is 16.6. The van der Waals surface area contributed by atoms with Gasteiger partial charge in [0.05, 0.1) is 6.61 Å². The minimum absolute atomic E-state index is 0.114. The highest BCUT2D eigenvalue weighted by molar-refractivity contribution is 5.92. The quantitative estimate of drug-likeness (QED) is 0.333. The molecule has 0 saturated carbocycles. The lowest BCUT2D eigenvalue weighted by Crippen LogP contribution is -2.54. The van der Waals surface area contributed by atoms with Gasteiger partial charge >= 0.3 is 6.09 Å². The van der Waals surface area contributed by atoms with Crippen LogP contribution in [0.15, 0.2) is 84.9 Å². The summed E-state index contributed by atoms with van der Waals surface area (Å²) >= 11 is 0. The molecule has 3 N–H and O–H groups in total. The van der Waals surface area contributed by atoms with Crippen LogP contribution in [0.5, 0.6) is 0 Å². The van der Waals surface area contributed by atoms with E-state index in [1.165, 1.54) is 4.90 Å². The summed E-state index contributed by atoms with van der Waals surface area (Å²) in [5, 5.41) is 15.6. The number of aliphatic hydroxyl groups excluding tert-OH is 1. The SMILES string of the molecule is Cc1ccc(C(C(=O)NCc2ccccc2)N(CCO)C(=O)C(Cc2ccccc2)NC(=O)OC(C)(C)C)cc1. The molecule has 3 amide bonds. The summed E-state index contributed by atoms with van der Waals surface area (Å²) in [5.41, 5.74) is 2.56. The number of ether oxygens (including phenoxy) is 1. The van der Waals surface area contributed by atoms with Gasteiger partial charge in [-0.05, 0) is 44.4 Å². The van der Waals surface area contributed by atoms with Crippen molar-refractivity contribution in [3.63, 3.8) is 0 Å². The number of carbonyl (C=O) groups is 3. The molecule has 0 bridgehead atoms. The molecule has 0 fully saturated rings. The Balaban J connectivity index is 1.97. The standard InChI is InChI=1S/C32H39N3O5/c1-23-15-17-26(18-16-23)28(29(37)33-22-25-13-9-6-10-14-25)35(19-20-36)30(38)27(21-24-11-7-5-8-12-24)34-31(39)40-32(2,3)4/h5-18,27-28,36H,19-22H2,1-4H3,(H,33,37)(H,34,39). The number of amides is 3. The van der Waals surface area contributed by atoms with Gasteiger partial charge < -0.3 is 25.4 Å². The maximum absolute atomic E-state index is 14.2. The van der Waals surface area contributed by atoms with E-state index in [2.05, 4.69) is 10.6 Å². The van der Waals surface area contributed by atoms with E-state index in [1.807, 2.05) is 79.7 Å². The average Bonchev–Trinajstić information content (AvgIpc) is 2.92. The lowest BCUT2D eigenvalue weighted by molar-refractivity contribution is -0.143. The van der Waals surface area contributed by atoms with E-state index in [-0.39, 0.29) is 26.1 Å². The molecule has 0 aliphatic carbocycles. The third-order valence-electron chi connectivity index (χ3n) is 6.16. The molecule has 0 aliphatic rings. The normalized spacial score (nSPS) is 12.6. The third kappa shape index (κ3) is 9.24. The van der Waals surface area contributed by atoms with Crippen molar-refractivity contribution >= 4 is 17.9 Å². The Morgan fingerprint density at radius 1 is 0.875 bits per heavy atom. The van der Waals surface area contributed by atoms with E-state index in [1.54, 1.807) is 32.9 Å². The summed E-state index contributed by atoms with van der Waals surface area (Å²) in [6.45, 7) is 6.94. The van der Waals surface area contributed by atoms with E-state index < -0.39 is 35.6 Å². The fraction of sp³-hybridized carbons (Fsp3) is 0.344. The predicted molar refractivity (Wildman–Crippen MR) is 154 cm³/mol. The molecule has 3 rings (SSSR count). The molecule has 0 heterocycles. The lowest BCUT2D eigenvalue weighted by Gasteiger charge is -2.34. The second-order valence-corrected chi connectivity index (χ2v) is 10.7. The van der Waals surface area contributed by atoms with E-state index >= 15 is 0 Å². The first kappa shape index (κ1) is 30.4. The van der Waals surface area contributed by atoms with Gasteiger partial charge in [0.2, 0.25) is 11.8 Å². The van der Waals surface area contributed by atoms with Crippen molar-refractivity contribution < 1.29 is 24.2 Å². The number of aryl methyl sites for hydroxylation is 1. The van der Waals surface area contributed by atoms with Gasteiger partial charge in [-0.1, -0.05) is 90.5 Å². The van der Waals surface area contributed by atoms with Gasteiger partial charge in [-0.15, -0.1) is 0 Å². The van der Waals surface area contributed by atoms with Crippen molar-refractivity contribution in [2.45, 2.75) is 58.3 Å². The molecule has 8 nitrogen and oxygen atoms in total. The van der Waals surface area contributed by atoms with Gasteiger partial charge in [0.1, 0.15) is 17.7 Å². The summed E-state index contributed by atoms with van der Waals surface area (Å²) < 4.78 is 5.44. The zero-order valence-corrected chi connectivity index (χ0v) is 23.6. The average molecular weight is 546 g/mol. The van der Waals surface area contributed by atoms with Gasteiger partial charge in [0, 0.05) is 19.5 Å². The first-order chi connectivity index (χ1) is 19.1. The van der Waals surface area contributed by atoms with Crippen LogP contribution < -0.4 is 10.6 Å². The number of hydrogen-bond donors (Lipinski definition) is 3. The van der Waals surface area contributed by atoms with Crippen LogP contribution in [0.25, 0.3) is 0 Å². The van der Waals surface area contributed by atoms with E-state index in [4.69, 9.17) is 4.74 Å². The highest BCUT2D eigenvalue weighted by Gasteiger charge is 2.36. The molecule has 0 aromatic heterocycles. The van der Waals surface area contributed by atoms with Crippen molar-refractivity contribution in [1.82, 2.24) is 15.5 Å². The summed E-state index contributed by atoms with van der Waals surface area (Å²) in [6.07, 6.45) is -0.571. The third-order valence-corrected chi connectivity index (χ3v) is 6.16. The maximum Gasteiger partial charge on any atom is 0.408 e. The van der Waals surface area contributed by atoms with Crippen LogP contribution in [0, 0.1) is 6.92 Å². The summed E-state index contributed by atoms with van der Waals surface area (Å²) in [7, 11) is 0. The number of nitrogens with zero attached hydrogens (tertiary/aromatic N) is 1. The Morgan fingerprint density at radius 2 is 1.45 bits per heavy atom. The first-order valence-corrected chi connectivity index (χ1v) is 13.4. The Kier molecular flexibility index (Phi) is 10.8. The van der Waals surface area contributed by atoms with Gasteiger partial charge in [-0.25, -0.2) is 4.79 Å². The summed E-state index contributed by atoms with van der Waals surface area (Å²) in [6, 6.07) is 24.0. The predicted octanol–water partition coefficient (Wildman–Crippen LogP) is 4.31. The van der Waals surface area contributed by atoms with Gasteiger partial charge in [-0.2, -0.15) is 0 Å². The molecule has 0 aliphatic heterocycles. The van der Waals surface area contributed by atoms with E-state index in [9.17, 15) is 19.5 Å². The zero-order chi connectivity index (χ0) is 29.1. The van der Waals surface area contributed by atoms with Crippen molar-refractivity contribution in [3.8, 4) is 0 Å². The van der Waals surface area contributed by atoms with Crippen molar-refractivity contribution in [1.29, 1.82) is 0 Å². The number of nitrogens with one attached hydrogen (secondary N) is 2. The molecule has 2 unspecified atom stereocenters. The summed E-state index contributed by atoms with van der Waals surface area (Å²) in [4.78, 5) is 42.0. The number of benzene rings is 3. The van der Waals surface area contributed by atoms with Crippen LogP contribution in [0.1, 0.15) is 49.1 Å². The molecule has 3 aromatic rings. The topological polar surface area (TPSA) is 108 Å². The van der Waals surface area contributed by atoms with Crippen molar-refractivity contribution in [3.05, 3.63) is 107 Å². The number of rotatable bonds is 11. The first-order valence-electron chi connectivity index (χ1n) is 13.4. The Bertz CT molecular complexity index is 1240. The zero-order valence-electron chi connectivity index (χ0n) is 23.6. The molecule has 0 saturated heterocycles. The Morgan fingerprint density at radius 3 is 2.00 bits per heavy atom. The molecular formula is C32H39N3O5. The monoisotopic (exact) mass is 545 g/mol. The van der Waals surface area contributed by atoms with Gasteiger partial charge in [0.25, 0.3) is 0 Å². The fourth-order valence-electron chi connectivity index (χ4n) is 4.28. The van der Waals surface area contributed by atoms with Gasteiger partial charge in [0.15, 0.2) is 0 Å². The molecule has 0 spiro atoms. The maximum atomic E-state index is 14.2. The second kappa shape index (κ2) is 14.3. The lowest BCUT2D eigenvalue weighted by atomic mass is 9.99. The Hall–Kier alpha value is -4.17. The van der Waals surface area contributed by atoms with E-state index in [0.717, 1.165) is 16.7 Å². The fourth-order valence-corrected chi connectivity index (χ4v) is 4.28. The number of alkyl carbamates (subject to hydrolysis) is 1. The minimum atomic E-state index is -1.04. The van der Waals surface area contributed by atoms with Gasteiger partial charge in [-0.3, -0.25) is 9.59 Å². The Labute approximate surface area is 236 Å². The van der Waals surface area contributed by atoms with Crippen LogP contribution in [-0.2, 0) is 27.3 Å². The molecule has 0 radical (unpaired) electrons. The van der Waals surface area contributed by atoms with Crippen LogP contribution in [0.4, 0.5) is 4.79 Å². The van der Waals surface area contributed by atoms with Crippen LogP contribution >= 0.6 is 0 Å². The number of hydrogen-bond acceptors (Lipinski definition) is 5. The van der Waals surface area contributed by atoms with Crippen molar-refractivity contribution in [2.24, 2.45) is 0 Å². The molecule has 2 atom stereocenters. The van der Waals surface area contributed by atoms with Crippen molar-refractivity contribution in [2.75, 3.05) is 13.2 Å². The van der Waals surface area contributed by atoms with E-state index in [0.29, 0.717) is 5.56 Å². The smallest absolute Gasteiger partial charge is 0.408 e. The molecular weight excluding hydrogens is 506 g/mol. The van der Waals surface area contributed by atoms with Crippen LogP contribution in [0.2, 0.25) is 0 Å². The minimum Gasteiger partial charge on any atom is -0.444 e. The second-order valence-electron chi connectivity index (χ2n) is 10.7. The molecule has 212 valence electrons. The number of aliphatic hydroxyl groups is 1. The largest absolute Gasteiger partial charge is 0.444 e. The van der Waals surface area contributed by atoms with Crippen LogP contribution in [-0.4, -0.2) is 52.7 Å². The molecule has 3 aromatic carbocycles.